The van der Waals surface area contributed by atoms with Crippen LogP contribution < -0.4 is 16.3 Å². The molecule has 13 nitrogen and oxygen atoms in total. The Morgan fingerprint density at radius 3 is 2.38 bits per heavy atom. The first-order valence-electron chi connectivity index (χ1n) is 15.6. The molecule has 0 spiro atoms. The molecule has 1 aliphatic rings. The number of hydroxylamine groups is 1. The molecule has 0 radical (unpaired) electrons. The number of anilines is 1. The lowest BCUT2D eigenvalue weighted by Crippen LogP contribution is -2.44. The average Bonchev–Trinajstić information content (AvgIpc) is 3.49. The van der Waals surface area contributed by atoms with Crippen LogP contribution >= 0.6 is 7.82 Å². The predicted molar refractivity (Wildman–Crippen MR) is 179 cm³/mol. The molecule has 1 fully saturated rings. The topological polar surface area (TPSA) is 170 Å². The van der Waals surface area contributed by atoms with E-state index in [9.17, 15) is 33.3 Å². The highest BCUT2D eigenvalue weighted by Gasteiger charge is 2.40. The lowest BCUT2D eigenvalue weighted by Gasteiger charge is -2.32. The quantitative estimate of drug-likeness (QED) is 0.117. The van der Waals surface area contributed by atoms with E-state index in [1.165, 1.54) is 5.06 Å². The molecule has 5 aromatic rings. The first-order chi connectivity index (χ1) is 24.1. The molecule has 1 unspecified atom stereocenters. The van der Waals surface area contributed by atoms with Crippen molar-refractivity contribution >= 4 is 30.3 Å². The van der Waals surface area contributed by atoms with E-state index in [0.717, 1.165) is 20.9 Å². The fourth-order valence-corrected chi connectivity index (χ4v) is 6.36. The molecule has 3 N–H and O–H groups in total. The van der Waals surface area contributed by atoms with Crippen molar-refractivity contribution < 1.29 is 42.4 Å². The van der Waals surface area contributed by atoms with Crippen molar-refractivity contribution in [2.45, 2.75) is 43.9 Å². The summed E-state index contributed by atoms with van der Waals surface area (Å²) >= 11 is 0. The number of phosphoric acid groups is 1. The minimum absolute atomic E-state index is 0.00823. The molecule has 260 valence electrons. The summed E-state index contributed by atoms with van der Waals surface area (Å²) in [5.74, 6) is -2.38. The zero-order valence-electron chi connectivity index (χ0n) is 26.4. The molecule has 2 heterocycles. The zero-order chi connectivity index (χ0) is 35.3. The second kappa shape index (κ2) is 15.3. The molecule has 1 saturated heterocycles. The number of hydrogen-bond acceptors (Lipinski definition) is 10. The number of H-pyrrole nitrogens is 1. The van der Waals surface area contributed by atoms with Crippen LogP contribution in [0.15, 0.2) is 119 Å². The number of fused-ring (bicyclic) bond motifs is 1. The number of nitrogens with one attached hydrogen (secondary N) is 1. The highest BCUT2D eigenvalue weighted by Crippen LogP contribution is 2.45. The Bertz CT molecular complexity index is 2110. The van der Waals surface area contributed by atoms with Crippen LogP contribution in [0.1, 0.15) is 23.8 Å². The Hall–Kier alpha value is -4.95. The third-order valence-corrected chi connectivity index (χ3v) is 8.98. The van der Waals surface area contributed by atoms with Crippen molar-refractivity contribution in [1.82, 2.24) is 9.55 Å². The Morgan fingerprint density at radius 1 is 0.980 bits per heavy atom. The second-order valence-electron chi connectivity index (χ2n) is 11.5. The Balaban J connectivity index is 1.24. The van der Waals surface area contributed by atoms with Gasteiger partial charge >= 0.3 is 19.5 Å². The fraction of sp³-hybridized carbons (Fsp3) is 0.229. The van der Waals surface area contributed by atoms with Crippen molar-refractivity contribution in [1.29, 1.82) is 0 Å². The van der Waals surface area contributed by atoms with E-state index in [2.05, 4.69) is 0 Å². The molecule has 0 aliphatic carbocycles. The summed E-state index contributed by atoms with van der Waals surface area (Å²) in [5, 5.41) is 13.5. The number of ether oxygens (including phenoxy) is 1. The maximum Gasteiger partial charge on any atom is 0.529 e. The van der Waals surface area contributed by atoms with E-state index >= 15 is 0 Å². The van der Waals surface area contributed by atoms with Gasteiger partial charge < -0.3 is 14.4 Å². The molecule has 1 aromatic heterocycles. The van der Waals surface area contributed by atoms with Gasteiger partial charge in [0, 0.05) is 18.2 Å². The normalized spacial score (nSPS) is 19.1. The smallest absolute Gasteiger partial charge is 0.390 e. The molecule has 6 rings (SSSR count). The van der Waals surface area contributed by atoms with Crippen molar-refractivity contribution in [3.63, 3.8) is 0 Å². The maximum atomic E-state index is 14.0. The summed E-state index contributed by atoms with van der Waals surface area (Å²) in [4.78, 5) is 56.4. The maximum absolute atomic E-state index is 14.0. The zero-order valence-corrected chi connectivity index (χ0v) is 27.3. The minimum Gasteiger partial charge on any atom is -0.390 e. The van der Waals surface area contributed by atoms with E-state index in [1.54, 1.807) is 41.4 Å². The number of nitrogens with zero attached hydrogens (tertiary/aromatic N) is 2. The highest BCUT2D eigenvalue weighted by atomic mass is 31.2. The SMILES string of the molecule is O=C(OP(=O)(O)OC[C@H]1O[C@@H](n2cc(F)c(=O)[nH]c2=O)C[C@@H]1O)[C@H](Cc1ccccc1)N(OCc1ccccc1)c1cccc2ccccc12. The van der Waals surface area contributed by atoms with E-state index < -0.39 is 61.9 Å². The van der Waals surface area contributed by atoms with E-state index in [-0.39, 0.29) is 19.4 Å². The Labute approximate surface area is 284 Å². The van der Waals surface area contributed by atoms with Gasteiger partial charge in [0.1, 0.15) is 12.3 Å². The summed E-state index contributed by atoms with van der Waals surface area (Å²) in [5.41, 5.74) is -0.178. The van der Waals surface area contributed by atoms with Crippen molar-refractivity contribution in [3.05, 3.63) is 147 Å². The van der Waals surface area contributed by atoms with Crippen molar-refractivity contribution in [2.24, 2.45) is 0 Å². The molecule has 0 bridgehead atoms. The Morgan fingerprint density at radius 2 is 1.64 bits per heavy atom. The van der Waals surface area contributed by atoms with E-state index in [1.807, 2.05) is 66.7 Å². The van der Waals surface area contributed by atoms with Gasteiger partial charge in [-0.3, -0.25) is 28.6 Å². The summed E-state index contributed by atoms with van der Waals surface area (Å²) in [6, 6.07) is 29.9. The molecular weight excluding hydrogens is 672 g/mol. The van der Waals surface area contributed by atoms with Gasteiger partial charge in [-0.05, 0) is 22.6 Å². The number of carbonyl (C=O) groups excluding carboxylic acids is 1. The number of aliphatic hydroxyl groups is 1. The van der Waals surface area contributed by atoms with Crippen LogP contribution in [0, 0.1) is 5.82 Å². The second-order valence-corrected chi connectivity index (χ2v) is 12.9. The first-order valence-corrected chi connectivity index (χ1v) is 17.1. The third kappa shape index (κ3) is 8.25. The average molecular weight is 706 g/mol. The van der Waals surface area contributed by atoms with Crippen LogP contribution in [0.5, 0.6) is 0 Å². The number of benzene rings is 4. The van der Waals surface area contributed by atoms with Gasteiger partial charge in [-0.1, -0.05) is 97.1 Å². The predicted octanol–water partition coefficient (Wildman–Crippen LogP) is 4.39. The minimum atomic E-state index is -5.16. The Kier molecular flexibility index (Phi) is 10.7. The number of hydrogen-bond donors (Lipinski definition) is 3. The van der Waals surface area contributed by atoms with Gasteiger partial charge in [-0.25, -0.2) is 19.2 Å². The molecular formula is C35H33FN3O10P. The molecule has 0 saturated carbocycles. The van der Waals surface area contributed by atoms with Gasteiger partial charge in [0.25, 0.3) is 5.56 Å². The number of carbonyl (C=O) groups is 1. The summed E-state index contributed by atoms with van der Waals surface area (Å²) in [6.07, 6.45) is -3.40. The number of phosphoric ester groups is 1. The lowest BCUT2D eigenvalue weighted by molar-refractivity contribution is -0.140. The van der Waals surface area contributed by atoms with E-state index in [0.29, 0.717) is 17.4 Å². The van der Waals surface area contributed by atoms with Gasteiger partial charge in [0.15, 0.2) is 6.04 Å². The number of halogens is 1. The van der Waals surface area contributed by atoms with Crippen LogP contribution in [-0.4, -0.2) is 50.4 Å². The van der Waals surface area contributed by atoms with Gasteiger partial charge in [0.2, 0.25) is 5.82 Å². The van der Waals surface area contributed by atoms with Crippen LogP contribution in [0.3, 0.4) is 0 Å². The largest absolute Gasteiger partial charge is 0.529 e. The van der Waals surface area contributed by atoms with E-state index in [4.69, 9.17) is 18.6 Å². The van der Waals surface area contributed by atoms with Crippen LogP contribution in [0.2, 0.25) is 0 Å². The molecule has 50 heavy (non-hydrogen) atoms. The number of rotatable bonds is 13. The van der Waals surface area contributed by atoms with Gasteiger partial charge in [-0.15, -0.1) is 0 Å². The lowest BCUT2D eigenvalue weighted by atomic mass is 10.0. The molecule has 4 aromatic carbocycles. The molecule has 1 aliphatic heterocycles. The van der Waals surface area contributed by atoms with Crippen LogP contribution in [0.25, 0.3) is 10.8 Å². The monoisotopic (exact) mass is 705 g/mol. The van der Waals surface area contributed by atoms with Crippen molar-refractivity contribution in [3.8, 4) is 0 Å². The summed E-state index contributed by atoms with van der Waals surface area (Å²) in [7, 11) is -5.16. The fourth-order valence-electron chi connectivity index (χ4n) is 5.62. The first kappa shape index (κ1) is 34.9. The summed E-state index contributed by atoms with van der Waals surface area (Å²) in [6.45, 7) is -0.684. The molecule has 15 heteroatoms. The highest BCUT2D eigenvalue weighted by molar-refractivity contribution is 7.48. The number of aromatic amines is 1. The van der Waals surface area contributed by atoms with Gasteiger partial charge in [0.05, 0.1) is 31.2 Å². The standard InChI is InChI=1S/C35H33FN3O10P/c36-27-20-38(35(43)37-33(27)41)32-19-30(40)31(48-32)22-47-50(44,45)49-34(42)29(18-23-10-3-1-4-11-23)39(46-21-24-12-5-2-6-13-24)28-17-9-15-25-14-7-8-16-26(25)28/h1-17,20,29-32,40H,18-19,21-22H2,(H,44,45)(H,37,41,43)/t29-,30-,31+,32+/m0/s1. The number of aromatic nitrogens is 2. The van der Waals surface area contributed by atoms with Crippen LogP contribution in [-0.2, 0) is 41.0 Å². The molecule has 5 atom stereocenters. The van der Waals surface area contributed by atoms with Crippen molar-refractivity contribution in [2.75, 3.05) is 11.7 Å². The van der Waals surface area contributed by atoms with Gasteiger partial charge in [-0.2, -0.15) is 4.39 Å². The third-order valence-electron chi connectivity index (χ3n) is 8.09. The molecule has 0 amide bonds. The summed E-state index contributed by atoms with van der Waals surface area (Å²) < 4.78 is 43.6. The number of aliphatic hydroxyl groups excluding tert-OH is 1. The van der Waals surface area contributed by atoms with Crippen LogP contribution in [0.4, 0.5) is 10.1 Å².